The van der Waals surface area contributed by atoms with Crippen LogP contribution >= 0.6 is 0 Å². The summed E-state index contributed by atoms with van der Waals surface area (Å²) < 4.78 is 5.38. The summed E-state index contributed by atoms with van der Waals surface area (Å²) in [4.78, 5) is 11.0. The number of carbonyl (C=O) groups is 1. The SMILES string of the molecule is Cc1ccoc1CNC1CCC(C(N)=O)CC1. The third kappa shape index (κ3) is 3.09. The van der Waals surface area contributed by atoms with E-state index in [1.54, 1.807) is 6.26 Å². The highest BCUT2D eigenvalue weighted by atomic mass is 16.3. The molecular formula is C13H20N2O2. The number of furan rings is 1. The van der Waals surface area contributed by atoms with E-state index in [0.717, 1.165) is 38.0 Å². The second-order valence-corrected chi connectivity index (χ2v) is 4.86. The van der Waals surface area contributed by atoms with Crippen LogP contribution in [0.25, 0.3) is 0 Å². The van der Waals surface area contributed by atoms with Crippen LogP contribution in [0.4, 0.5) is 0 Å². The van der Waals surface area contributed by atoms with Crippen LogP contribution in [-0.4, -0.2) is 11.9 Å². The number of aryl methyl sites for hydroxylation is 1. The molecule has 0 unspecified atom stereocenters. The van der Waals surface area contributed by atoms with Gasteiger partial charge in [-0.05, 0) is 44.2 Å². The maximum absolute atomic E-state index is 11.0. The zero-order chi connectivity index (χ0) is 12.3. The van der Waals surface area contributed by atoms with Crippen molar-refractivity contribution in [1.82, 2.24) is 5.32 Å². The molecule has 0 bridgehead atoms. The van der Waals surface area contributed by atoms with E-state index in [0.29, 0.717) is 6.04 Å². The maximum atomic E-state index is 11.0. The largest absolute Gasteiger partial charge is 0.468 e. The van der Waals surface area contributed by atoms with Crippen LogP contribution in [0.1, 0.15) is 37.0 Å². The van der Waals surface area contributed by atoms with Crippen molar-refractivity contribution >= 4 is 5.91 Å². The van der Waals surface area contributed by atoms with Gasteiger partial charge < -0.3 is 15.5 Å². The van der Waals surface area contributed by atoms with Gasteiger partial charge in [0, 0.05) is 12.0 Å². The molecule has 1 aliphatic rings. The Morgan fingerprint density at radius 1 is 1.47 bits per heavy atom. The van der Waals surface area contributed by atoms with Gasteiger partial charge in [-0.1, -0.05) is 0 Å². The molecule has 0 saturated heterocycles. The summed E-state index contributed by atoms with van der Waals surface area (Å²) in [6.07, 6.45) is 5.57. The second kappa shape index (κ2) is 5.36. The van der Waals surface area contributed by atoms with Gasteiger partial charge in [0.15, 0.2) is 0 Å². The minimum Gasteiger partial charge on any atom is -0.468 e. The van der Waals surface area contributed by atoms with E-state index in [4.69, 9.17) is 10.2 Å². The van der Waals surface area contributed by atoms with E-state index in [2.05, 4.69) is 5.32 Å². The Kier molecular flexibility index (Phi) is 3.84. The zero-order valence-electron chi connectivity index (χ0n) is 10.2. The Morgan fingerprint density at radius 2 is 2.18 bits per heavy atom. The molecule has 1 aliphatic carbocycles. The van der Waals surface area contributed by atoms with Crippen molar-refractivity contribution in [3.63, 3.8) is 0 Å². The van der Waals surface area contributed by atoms with Gasteiger partial charge in [-0.2, -0.15) is 0 Å². The molecule has 1 aromatic rings. The summed E-state index contributed by atoms with van der Waals surface area (Å²) in [5.74, 6) is 0.936. The summed E-state index contributed by atoms with van der Waals surface area (Å²) in [5.41, 5.74) is 6.49. The molecular weight excluding hydrogens is 216 g/mol. The van der Waals surface area contributed by atoms with Crippen LogP contribution in [0.15, 0.2) is 16.7 Å². The highest BCUT2D eigenvalue weighted by Crippen LogP contribution is 2.24. The van der Waals surface area contributed by atoms with Gasteiger partial charge in [0.05, 0.1) is 12.8 Å². The predicted octanol–water partition coefficient (Wildman–Crippen LogP) is 1.72. The Balaban J connectivity index is 1.75. The number of nitrogens with one attached hydrogen (secondary N) is 1. The molecule has 0 atom stereocenters. The summed E-state index contributed by atoms with van der Waals surface area (Å²) >= 11 is 0. The smallest absolute Gasteiger partial charge is 0.220 e. The fourth-order valence-electron chi connectivity index (χ4n) is 2.40. The number of primary amides is 1. The molecule has 0 spiro atoms. The van der Waals surface area contributed by atoms with Crippen molar-refractivity contribution in [3.05, 3.63) is 23.7 Å². The van der Waals surface area contributed by atoms with Crippen molar-refractivity contribution in [2.45, 2.75) is 45.2 Å². The molecule has 0 aromatic carbocycles. The van der Waals surface area contributed by atoms with E-state index in [1.165, 1.54) is 5.56 Å². The minimum absolute atomic E-state index is 0.0819. The van der Waals surface area contributed by atoms with Crippen LogP contribution in [0.2, 0.25) is 0 Å². The first-order chi connectivity index (χ1) is 8.16. The van der Waals surface area contributed by atoms with Crippen LogP contribution in [-0.2, 0) is 11.3 Å². The highest BCUT2D eigenvalue weighted by Gasteiger charge is 2.24. The predicted molar refractivity (Wildman–Crippen MR) is 65.2 cm³/mol. The van der Waals surface area contributed by atoms with Gasteiger partial charge in [0.2, 0.25) is 5.91 Å². The molecule has 0 aliphatic heterocycles. The van der Waals surface area contributed by atoms with Gasteiger partial charge in [-0.15, -0.1) is 0 Å². The summed E-state index contributed by atoms with van der Waals surface area (Å²) in [5, 5.41) is 3.48. The molecule has 3 N–H and O–H groups in total. The molecule has 17 heavy (non-hydrogen) atoms. The number of amides is 1. The van der Waals surface area contributed by atoms with E-state index in [1.807, 2.05) is 13.0 Å². The minimum atomic E-state index is -0.148. The molecule has 1 fully saturated rings. The quantitative estimate of drug-likeness (QED) is 0.836. The molecule has 1 heterocycles. The van der Waals surface area contributed by atoms with E-state index in [-0.39, 0.29) is 11.8 Å². The van der Waals surface area contributed by atoms with Gasteiger partial charge in [0.25, 0.3) is 0 Å². The topological polar surface area (TPSA) is 68.3 Å². The molecule has 2 rings (SSSR count). The molecule has 1 saturated carbocycles. The van der Waals surface area contributed by atoms with Crippen LogP contribution in [0.5, 0.6) is 0 Å². The summed E-state index contributed by atoms with van der Waals surface area (Å²) in [6.45, 7) is 2.81. The lowest BCUT2D eigenvalue weighted by atomic mass is 9.85. The van der Waals surface area contributed by atoms with E-state index in [9.17, 15) is 4.79 Å². The lowest BCUT2D eigenvalue weighted by Crippen LogP contribution is -2.36. The van der Waals surface area contributed by atoms with E-state index < -0.39 is 0 Å². The van der Waals surface area contributed by atoms with Crippen LogP contribution in [0.3, 0.4) is 0 Å². The first-order valence-corrected chi connectivity index (χ1v) is 6.22. The molecule has 1 amide bonds. The van der Waals surface area contributed by atoms with Gasteiger partial charge in [-0.3, -0.25) is 4.79 Å². The first-order valence-electron chi connectivity index (χ1n) is 6.22. The molecule has 4 heteroatoms. The normalized spacial score (nSPS) is 24.8. The Bertz CT molecular complexity index is 379. The Labute approximate surface area is 102 Å². The van der Waals surface area contributed by atoms with Crippen LogP contribution in [0, 0.1) is 12.8 Å². The van der Waals surface area contributed by atoms with Crippen molar-refractivity contribution in [2.24, 2.45) is 11.7 Å². The lowest BCUT2D eigenvalue weighted by Gasteiger charge is -2.27. The number of nitrogens with two attached hydrogens (primary N) is 1. The zero-order valence-corrected chi connectivity index (χ0v) is 10.2. The van der Waals surface area contributed by atoms with Crippen LogP contribution < -0.4 is 11.1 Å². The highest BCUT2D eigenvalue weighted by molar-refractivity contribution is 5.76. The monoisotopic (exact) mass is 236 g/mol. The summed E-state index contributed by atoms with van der Waals surface area (Å²) in [7, 11) is 0. The molecule has 4 nitrogen and oxygen atoms in total. The number of rotatable bonds is 4. The fraction of sp³-hybridized carbons (Fsp3) is 0.615. The molecule has 94 valence electrons. The van der Waals surface area contributed by atoms with Gasteiger partial charge in [0.1, 0.15) is 5.76 Å². The fourth-order valence-corrected chi connectivity index (χ4v) is 2.40. The molecule has 1 aromatic heterocycles. The van der Waals surface area contributed by atoms with Crippen molar-refractivity contribution < 1.29 is 9.21 Å². The van der Waals surface area contributed by atoms with Crippen molar-refractivity contribution in [3.8, 4) is 0 Å². The second-order valence-electron chi connectivity index (χ2n) is 4.86. The lowest BCUT2D eigenvalue weighted by molar-refractivity contribution is -0.122. The maximum Gasteiger partial charge on any atom is 0.220 e. The standard InChI is InChI=1S/C13H20N2O2/c1-9-6-7-17-12(9)8-15-11-4-2-10(3-5-11)13(14)16/h6-7,10-11,15H,2-5,8H2,1H3,(H2,14,16). The van der Waals surface area contributed by atoms with Crippen molar-refractivity contribution in [2.75, 3.05) is 0 Å². The average molecular weight is 236 g/mol. The van der Waals surface area contributed by atoms with Gasteiger partial charge in [-0.25, -0.2) is 0 Å². The third-order valence-corrected chi connectivity index (χ3v) is 3.65. The van der Waals surface area contributed by atoms with Gasteiger partial charge >= 0.3 is 0 Å². The first kappa shape index (κ1) is 12.2. The van der Waals surface area contributed by atoms with Crippen molar-refractivity contribution in [1.29, 1.82) is 0 Å². The average Bonchev–Trinajstić information content (AvgIpc) is 2.73. The third-order valence-electron chi connectivity index (χ3n) is 3.65. The molecule has 0 radical (unpaired) electrons. The number of carbonyl (C=O) groups excluding carboxylic acids is 1. The number of hydrogen-bond donors (Lipinski definition) is 2. The van der Waals surface area contributed by atoms with E-state index >= 15 is 0 Å². The Hall–Kier alpha value is -1.29. The Morgan fingerprint density at radius 3 is 2.71 bits per heavy atom. The number of hydrogen-bond acceptors (Lipinski definition) is 3. The summed E-state index contributed by atoms with van der Waals surface area (Å²) in [6, 6.07) is 2.45.